The van der Waals surface area contributed by atoms with Gasteiger partial charge in [-0.2, -0.15) is 0 Å². The Kier molecular flexibility index (Phi) is 0.555. The Morgan fingerprint density at radius 3 is 2.50 bits per heavy atom. The molecule has 1 fully saturated rings. The zero-order chi connectivity index (χ0) is 4.57. The molecule has 2 nitrogen and oxygen atoms in total. The first kappa shape index (κ1) is 3.59. The highest BCUT2D eigenvalue weighted by Gasteiger charge is 2.29. The van der Waals surface area contributed by atoms with Crippen LogP contribution in [0.2, 0.25) is 0 Å². The first-order valence-corrected chi connectivity index (χ1v) is 1.61. The number of hydrogen-bond donors (Lipinski definition) is 0. The molecule has 0 amide bonds. The molecule has 0 aliphatic carbocycles. The van der Waals surface area contributed by atoms with Crippen molar-refractivity contribution in [2.24, 2.45) is 0 Å². The lowest BCUT2D eigenvalue weighted by atomic mass is 10.3. The lowest BCUT2D eigenvalue weighted by Gasteiger charge is -2.15. The van der Waals surface area contributed by atoms with Crippen LogP contribution in [0.5, 0.6) is 0 Å². The van der Waals surface area contributed by atoms with Crippen LogP contribution in [-0.2, 0) is 9.53 Å². The van der Waals surface area contributed by atoms with E-state index in [9.17, 15) is 9.18 Å². The summed E-state index contributed by atoms with van der Waals surface area (Å²) in [4.78, 5) is 9.63. The highest BCUT2D eigenvalue weighted by molar-refractivity contribution is 5.79. The van der Waals surface area contributed by atoms with Gasteiger partial charge in [-0.1, -0.05) is 0 Å². The van der Waals surface area contributed by atoms with Gasteiger partial charge >= 0.3 is 5.97 Å². The predicted octanol–water partition coefficient (Wildman–Crippen LogP) is -0.119. The number of rotatable bonds is 0. The van der Waals surface area contributed by atoms with Crippen LogP contribution in [0.4, 0.5) is 4.39 Å². The number of carbonyl (C=O) groups is 1. The third-order valence-electron chi connectivity index (χ3n) is 0.628. The zero-order valence-electron chi connectivity index (χ0n) is 2.98. The Bertz CT molecular complexity index is 80.9. The van der Waals surface area contributed by atoms with Crippen molar-refractivity contribution >= 4 is 5.97 Å². The monoisotopic (exact) mass is 90.0 g/mol. The number of alkyl halides is 1. The standard InChI is InChI=1S/C3H3FO2/c4-2-1-6-3(2)5/h2H,1H2/t2-/m0/s1. The van der Waals surface area contributed by atoms with E-state index in [0.717, 1.165) is 0 Å². The molecule has 0 N–H and O–H groups in total. The quantitative estimate of drug-likeness (QED) is 0.387. The van der Waals surface area contributed by atoms with Crippen LogP contribution in [-0.4, -0.2) is 18.7 Å². The van der Waals surface area contributed by atoms with Crippen LogP contribution >= 0.6 is 0 Å². The summed E-state index contributed by atoms with van der Waals surface area (Å²) in [6, 6.07) is 0. The molecule has 1 heterocycles. The fourth-order valence-electron chi connectivity index (χ4n) is 0.214. The van der Waals surface area contributed by atoms with Gasteiger partial charge in [0.05, 0.1) is 0 Å². The van der Waals surface area contributed by atoms with Crippen LogP contribution in [0, 0.1) is 0 Å². The second-order valence-electron chi connectivity index (χ2n) is 1.10. The molecule has 1 rings (SSSR count). The molecule has 0 aromatic carbocycles. The van der Waals surface area contributed by atoms with Gasteiger partial charge in [-0.05, 0) is 0 Å². The lowest BCUT2D eigenvalue weighted by Crippen LogP contribution is -2.36. The molecule has 0 aromatic heterocycles. The summed E-state index contributed by atoms with van der Waals surface area (Å²) in [6.07, 6.45) is -1.33. The molecular weight excluding hydrogens is 87.0 g/mol. The van der Waals surface area contributed by atoms with Crippen molar-refractivity contribution in [2.45, 2.75) is 6.17 Å². The molecule has 1 aliphatic heterocycles. The second kappa shape index (κ2) is 0.929. The van der Waals surface area contributed by atoms with E-state index in [1.807, 2.05) is 0 Å². The van der Waals surface area contributed by atoms with Crippen LogP contribution in [0.25, 0.3) is 0 Å². The van der Waals surface area contributed by atoms with Crippen molar-refractivity contribution in [3.8, 4) is 0 Å². The average Bonchev–Trinajstić information content (AvgIpc) is 1.61. The van der Waals surface area contributed by atoms with E-state index >= 15 is 0 Å². The van der Waals surface area contributed by atoms with E-state index in [-0.39, 0.29) is 6.61 Å². The van der Waals surface area contributed by atoms with Gasteiger partial charge in [-0.25, -0.2) is 9.18 Å². The van der Waals surface area contributed by atoms with Gasteiger partial charge in [-0.3, -0.25) is 0 Å². The van der Waals surface area contributed by atoms with Crippen molar-refractivity contribution in [1.29, 1.82) is 0 Å². The van der Waals surface area contributed by atoms with E-state index in [4.69, 9.17) is 0 Å². The number of esters is 1. The molecule has 0 saturated carbocycles. The fraction of sp³-hybridized carbons (Fsp3) is 0.667. The third-order valence-corrected chi connectivity index (χ3v) is 0.628. The number of cyclic esters (lactones) is 1. The fourth-order valence-corrected chi connectivity index (χ4v) is 0.214. The van der Waals surface area contributed by atoms with Crippen molar-refractivity contribution in [1.82, 2.24) is 0 Å². The average molecular weight is 90.1 g/mol. The molecule has 6 heavy (non-hydrogen) atoms. The van der Waals surface area contributed by atoms with Gasteiger partial charge in [-0.15, -0.1) is 0 Å². The van der Waals surface area contributed by atoms with E-state index < -0.39 is 12.1 Å². The summed E-state index contributed by atoms with van der Waals surface area (Å²) in [5.41, 5.74) is 0. The minimum atomic E-state index is -1.33. The Balaban J connectivity index is 2.39. The molecule has 0 unspecified atom stereocenters. The molecule has 0 radical (unpaired) electrons. The summed E-state index contributed by atoms with van der Waals surface area (Å²) in [7, 11) is 0. The number of ether oxygens (including phenoxy) is 1. The van der Waals surface area contributed by atoms with Crippen molar-refractivity contribution < 1.29 is 13.9 Å². The number of hydrogen-bond acceptors (Lipinski definition) is 2. The van der Waals surface area contributed by atoms with Crippen molar-refractivity contribution in [3.63, 3.8) is 0 Å². The topological polar surface area (TPSA) is 26.3 Å². The zero-order valence-corrected chi connectivity index (χ0v) is 2.98. The number of carbonyl (C=O) groups excluding carboxylic acids is 1. The van der Waals surface area contributed by atoms with E-state index in [1.165, 1.54) is 0 Å². The summed E-state index contributed by atoms with van der Waals surface area (Å²) >= 11 is 0. The van der Waals surface area contributed by atoms with Gasteiger partial charge in [0.2, 0.25) is 6.17 Å². The molecule has 0 aromatic rings. The van der Waals surface area contributed by atoms with Gasteiger partial charge in [0.25, 0.3) is 0 Å². The summed E-state index contributed by atoms with van der Waals surface area (Å²) in [6.45, 7) is -0.0428. The SMILES string of the molecule is O=C1OC[C@@H]1F. The van der Waals surface area contributed by atoms with Gasteiger partial charge in [0.15, 0.2) is 0 Å². The molecule has 1 aliphatic rings. The highest BCUT2D eigenvalue weighted by atomic mass is 19.1. The highest BCUT2D eigenvalue weighted by Crippen LogP contribution is 2.05. The Morgan fingerprint density at radius 2 is 2.50 bits per heavy atom. The van der Waals surface area contributed by atoms with Gasteiger partial charge in [0, 0.05) is 0 Å². The summed E-state index contributed by atoms with van der Waals surface area (Å²) in [5, 5.41) is 0. The smallest absolute Gasteiger partial charge is 0.344 e. The first-order chi connectivity index (χ1) is 2.80. The molecule has 0 spiro atoms. The lowest BCUT2D eigenvalue weighted by molar-refractivity contribution is -0.170. The Morgan fingerprint density at radius 1 is 2.00 bits per heavy atom. The maximum absolute atomic E-state index is 11.4. The van der Waals surface area contributed by atoms with E-state index in [1.54, 1.807) is 0 Å². The summed E-state index contributed by atoms with van der Waals surface area (Å²) in [5.74, 6) is -0.727. The van der Waals surface area contributed by atoms with E-state index in [2.05, 4.69) is 4.74 Å². The molecule has 0 bridgehead atoms. The van der Waals surface area contributed by atoms with Gasteiger partial charge < -0.3 is 4.74 Å². The minimum Gasteiger partial charge on any atom is -0.460 e. The molecular formula is C3H3FO2. The van der Waals surface area contributed by atoms with Crippen LogP contribution in [0.15, 0.2) is 0 Å². The van der Waals surface area contributed by atoms with E-state index in [0.29, 0.717) is 0 Å². The normalized spacial score (nSPS) is 31.5. The Labute approximate surface area is 33.9 Å². The predicted molar refractivity (Wildman–Crippen MR) is 15.9 cm³/mol. The number of halogens is 1. The molecule has 34 valence electrons. The van der Waals surface area contributed by atoms with Crippen LogP contribution in [0.3, 0.4) is 0 Å². The minimum absolute atomic E-state index is 0.0428. The van der Waals surface area contributed by atoms with Crippen LogP contribution < -0.4 is 0 Å². The van der Waals surface area contributed by atoms with Crippen LogP contribution in [0.1, 0.15) is 0 Å². The molecule has 1 saturated heterocycles. The Hall–Kier alpha value is -0.600. The third kappa shape index (κ3) is 0.278. The maximum Gasteiger partial charge on any atom is 0.344 e. The summed E-state index contributed by atoms with van der Waals surface area (Å²) < 4.78 is 15.5. The van der Waals surface area contributed by atoms with Gasteiger partial charge in [0.1, 0.15) is 6.61 Å². The second-order valence-corrected chi connectivity index (χ2v) is 1.10. The first-order valence-electron chi connectivity index (χ1n) is 1.61. The van der Waals surface area contributed by atoms with Crippen molar-refractivity contribution in [3.05, 3.63) is 0 Å². The maximum atomic E-state index is 11.4. The van der Waals surface area contributed by atoms with Crippen molar-refractivity contribution in [2.75, 3.05) is 6.61 Å². The molecule has 3 heteroatoms. The largest absolute Gasteiger partial charge is 0.460 e. The molecule has 1 atom stereocenters.